The quantitative estimate of drug-likeness (QED) is 0.475. The van der Waals surface area contributed by atoms with E-state index in [1.165, 1.54) is 10.8 Å². The van der Waals surface area contributed by atoms with E-state index >= 15 is 0 Å². The summed E-state index contributed by atoms with van der Waals surface area (Å²) in [5, 5.41) is 0. The van der Waals surface area contributed by atoms with Crippen molar-refractivity contribution in [2.24, 2.45) is 0 Å². The summed E-state index contributed by atoms with van der Waals surface area (Å²) >= 11 is 0. The topological polar surface area (TPSA) is 101 Å². The summed E-state index contributed by atoms with van der Waals surface area (Å²) in [5.74, 6) is -2.80. The molecule has 172 valence electrons. The van der Waals surface area contributed by atoms with E-state index < -0.39 is 28.9 Å². The molecule has 8 heteroatoms. The van der Waals surface area contributed by atoms with Crippen LogP contribution in [-0.2, 0) is 19.6 Å². The Kier molecular flexibility index (Phi) is 7.97. The van der Waals surface area contributed by atoms with E-state index in [0.717, 1.165) is 5.56 Å². The number of hydrogen-bond acceptors (Lipinski definition) is 7. The van der Waals surface area contributed by atoms with E-state index in [1.807, 2.05) is 32.9 Å². The van der Waals surface area contributed by atoms with Crippen LogP contribution in [0.2, 0.25) is 0 Å². The van der Waals surface area contributed by atoms with Gasteiger partial charge in [0.05, 0.1) is 19.8 Å². The first-order chi connectivity index (χ1) is 15.1. The molecule has 1 aromatic carbocycles. The second-order valence-electron chi connectivity index (χ2n) is 7.89. The highest BCUT2D eigenvalue weighted by molar-refractivity contribution is 6.04. The zero-order valence-electron chi connectivity index (χ0n) is 19.3. The van der Waals surface area contributed by atoms with Gasteiger partial charge in [0.1, 0.15) is 11.1 Å². The third kappa shape index (κ3) is 5.07. The summed E-state index contributed by atoms with van der Waals surface area (Å²) in [6.07, 6.45) is 1.22. The van der Waals surface area contributed by atoms with Gasteiger partial charge in [-0.25, -0.2) is 14.4 Å². The fraction of sp³-hybridized carbons (Fsp3) is 0.417. The Labute approximate surface area is 187 Å². The SMILES string of the molecule is CCOC(=O)c1cn(-c2ccccc2C(C)(C)C)c(C(=O)OCC)c(C(=O)OCC)c1=O. The molecule has 0 N–H and O–H groups in total. The Hall–Kier alpha value is -3.42. The molecule has 0 unspecified atom stereocenters. The summed E-state index contributed by atoms with van der Waals surface area (Å²) in [5.41, 5.74) is -1.24. The van der Waals surface area contributed by atoms with Crippen LogP contribution in [-0.4, -0.2) is 42.3 Å². The molecule has 0 spiro atoms. The number of aromatic nitrogens is 1. The third-order valence-electron chi connectivity index (χ3n) is 4.62. The van der Waals surface area contributed by atoms with E-state index in [-0.39, 0.29) is 36.5 Å². The van der Waals surface area contributed by atoms with Gasteiger partial charge in [-0.05, 0) is 37.8 Å². The molecular weight excluding hydrogens is 414 g/mol. The van der Waals surface area contributed by atoms with Crippen LogP contribution in [0.5, 0.6) is 0 Å². The summed E-state index contributed by atoms with van der Waals surface area (Å²) in [7, 11) is 0. The molecule has 32 heavy (non-hydrogen) atoms. The standard InChI is InChI=1S/C24H29NO7/c1-7-30-21(27)15-14-25(17-13-11-10-12-16(17)24(4,5)6)19(23(29)32-9-3)18(20(15)26)22(28)31-8-2/h10-14H,7-9H2,1-6H3. The maximum Gasteiger partial charge on any atom is 0.356 e. The van der Waals surface area contributed by atoms with Crippen LogP contribution in [0, 0.1) is 0 Å². The minimum atomic E-state index is -1.02. The predicted octanol–water partition coefficient (Wildman–Crippen LogP) is 3.67. The van der Waals surface area contributed by atoms with Crippen LogP contribution in [0.1, 0.15) is 78.3 Å². The lowest BCUT2D eigenvalue weighted by Gasteiger charge is -2.26. The van der Waals surface area contributed by atoms with Crippen LogP contribution in [0.4, 0.5) is 0 Å². The van der Waals surface area contributed by atoms with Gasteiger partial charge in [-0.3, -0.25) is 4.79 Å². The minimum Gasteiger partial charge on any atom is -0.462 e. The Morgan fingerprint density at radius 1 is 0.844 bits per heavy atom. The molecule has 1 heterocycles. The smallest absolute Gasteiger partial charge is 0.356 e. The molecule has 0 atom stereocenters. The lowest BCUT2D eigenvalue weighted by atomic mass is 9.85. The normalized spacial score (nSPS) is 11.1. The van der Waals surface area contributed by atoms with Crippen LogP contribution >= 0.6 is 0 Å². The van der Waals surface area contributed by atoms with Gasteiger partial charge in [0, 0.05) is 11.9 Å². The molecule has 0 aliphatic heterocycles. The monoisotopic (exact) mass is 443 g/mol. The van der Waals surface area contributed by atoms with Gasteiger partial charge >= 0.3 is 17.9 Å². The Balaban J connectivity index is 3.06. The summed E-state index contributed by atoms with van der Waals surface area (Å²) in [6.45, 7) is 10.8. The highest BCUT2D eigenvalue weighted by Gasteiger charge is 2.32. The summed E-state index contributed by atoms with van der Waals surface area (Å²) in [6, 6.07) is 7.20. The van der Waals surface area contributed by atoms with E-state index in [2.05, 4.69) is 0 Å². The van der Waals surface area contributed by atoms with Gasteiger partial charge in [-0.2, -0.15) is 0 Å². The third-order valence-corrected chi connectivity index (χ3v) is 4.62. The lowest BCUT2D eigenvalue weighted by molar-refractivity contribution is 0.0465. The molecule has 0 saturated heterocycles. The number of esters is 3. The maximum atomic E-state index is 13.2. The number of carbonyl (C=O) groups is 3. The predicted molar refractivity (Wildman–Crippen MR) is 119 cm³/mol. The fourth-order valence-electron chi connectivity index (χ4n) is 3.27. The molecule has 8 nitrogen and oxygen atoms in total. The number of hydrogen-bond donors (Lipinski definition) is 0. The molecule has 0 radical (unpaired) electrons. The van der Waals surface area contributed by atoms with Gasteiger partial charge in [0.15, 0.2) is 5.69 Å². The number of rotatable bonds is 7. The second-order valence-corrected chi connectivity index (χ2v) is 7.89. The van der Waals surface area contributed by atoms with Gasteiger partial charge in [-0.1, -0.05) is 39.0 Å². The van der Waals surface area contributed by atoms with Crippen molar-refractivity contribution >= 4 is 17.9 Å². The van der Waals surface area contributed by atoms with Crippen LogP contribution in [0.25, 0.3) is 5.69 Å². The molecule has 0 fully saturated rings. The average molecular weight is 443 g/mol. The largest absolute Gasteiger partial charge is 0.462 e. The van der Waals surface area contributed by atoms with E-state index in [0.29, 0.717) is 5.69 Å². The Morgan fingerprint density at radius 3 is 1.94 bits per heavy atom. The first-order valence-corrected chi connectivity index (χ1v) is 10.5. The highest BCUT2D eigenvalue weighted by atomic mass is 16.5. The van der Waals surface area contributed by atoms with E-state index in [9.17, 15) is 19.2 Å². The van der Waals surface area contributed by atoms with Crippen molar-refractivity contribution < 1.29 is 28.6 Å². The first kappa shape index (κ1) is 24.8. The number of carbonyl (C=O) groups excluding carboxylic acids is 3. The first-order valence-electron chi connectivity index (χ1n) is 10.5. The number of benzene rings is 1. The van der Waals surface area contributed by atoms with E-state index in [1.54, 1.807) is 32.9 Å². The molecule has 2 aromatic rings. The number of nitrogens with zero attached hydrogens (tertiary/aromatic N) is 1. The van der Waals surface area contributed by atoms with Gasteiger partial charge < -0.3 is 18.8 Å². The van der Waals surface area contributed by atoms with Crippen LogP contribution in [0.3, 0.4) is 0 Å². The number of ether oxygens (including phenoxy) is 3. The molecular formula is C24H29NO7. The molecule has 0 bridgehead atoms. The van der Waals surface area contributed by atoms with Crippen molar-refractivity contribution in [2.45, 2.75) is 47.0 Å². The Morgan fingerprint density at radius 2 is 1.38 bits per heavy atom. The van der Waals surface area contributed by atoms with E-state index in [4.69, 9.17) is 14.2 Å². The summed E-state index contributed by atoms with van der Waals surface area (Å²) < 4.78 is 16.6. The lowest BCUT2D eigenvalue weighted by Crippen LogP contribution is -2.33. The van der Waals surface area contributed by atoms with Crippen molar-refractivity contribution in [3.63, 3.8) is 0 Å². The molecule has 2 rings (SSSR count). The molecule has 0 aliphatic carbocycles. The van der Waals surface area contributed by atoms with Gasteiger partial charge in [-0.15, -0.1) is 0 Å². The minimum absolute atomic E-state index is 0.0236. The van der Waals surface area contributed by atoms with Crippen molar-refractivity contribution in [1.82, 2.24) is 4.57 Å². The molecule has 0 aliphatic rings. The molecule has 0 amide bonds. The van der Waals surface area contributed by atoms with Crippen molar-refractivity contribution in [2.75, 3.05) is 19.8 Å². The van der Waals surface area contributed by atoms with Crippen molar-refractivity contribution in [3.8, 4) is 5.69 Å². The Bertz CT molecular complexity index is 1080. The van der Waals surface area contributed by atoms with Crippen LogP contribution in [0.15, 0.2) is 35.3 Å². The maximum absolute atomic E-state index is 13.2. The fourth-order valence-corrected chi connectivity index (χ4v) is 3.27. The second kappa shape index (κ2) is 10.3. The summed E-state index contributed by atoms with van der Waals surface area (Å²) in [4.78, 5) is 51.5. The van der Waals surface area contributed by atoms with Crippen LogP contribution < -0.4 is 5.43 Å². The number of pyridine rings is 1. The molecule has 1 aromatic heterocycles. The highest BCUT2D eigenvalue weighted by Crippen LogP contribution is 2.30. The van der Waals surface area contributed by atoms with Gasteiger partial charge in [0.2, 0.25) is 5.43 Å². The van der Waals surface area contributed by atoms with Crippen molar-refractivity contribution in [3.05, 3.63) is 63.1 Å². The molecule has 0 saturated carbocycles. The van der Waals surface area contributed by atoms with Gasteiger partial charge in [0.25, 0.3) is 0 Å². The number of para-hydroxylation sites is 1. The average Bonchev–Trinajstić information content (AvgIpc) is 2.73. The zero-order chi connectivity index (χ0) is 24.1. The van der Waals surface area contributed by atoms with Crippen molar-refractivity contribution in [1.29, 1.82) is 0 Å². The zero-order valence-corrected chi connectivity index (χ0v) is 19.3.